The summed E-state index contributed by atoms with van der Waals surface area (Å²) in [7, 11) is 0. The molecule has 2 heterocycles. The molecule has 0 aromatic heterocycles. The van der Waals surface area contributed by atoms with Crippen molar-refractivity contribution in [3.05, 3.63) is 0 Å². The smallest absolute Gasteiger partial charge is 0.237 e. The molecule has 0 aromatic rings. The lowest BCUT2D eigenvalue weighted by Gasteiger charge is -2.49. The van der Waals surface area contributed by atoms with Crippen LogP contribution in [0.3, 0.4) is 0 Å². The van der Waals surface area contributed by atoms with E-state index in [4.69, 9.17) is 16.3 Å². The van der Waals surface area contributed by atoms with E-state index in [1.54, 1.807) is 0 Å². The van der Waals surface area contributed by atoms with Crippen molar-refractivity contribution in [2.45, 2.75) is 37.6 Å². The molecule has 0 unspecified atom stereocenters. The van der Waals surface area contributed by atoms with Gasteiger partial charge in [0.25, 0.3) is 0 Å². The Morgan fingerprint density at radius 3 is 2.67 bits per heavy atom. The lowest BCUT2D eigenvalue weighted by atomic mass is 9.80. The molecule has 0 aromatic carbocycles. The molecule has 2 fully saturated rings. The summed E-state index contributed by atoms with van der Waals surface area (Å²) in [6, 6.07) is 0. The zero-order valence-corrected chi connectivity index (χ0v) is 9.76. The molecule has 2 aliphatic heterocycles. The van der Waals surface area contributed by atoms with Crippen molar-refractivity contribution < 1.29 is 9.53 Å². The second-order valence-corrected chi connectivity index (χ2v) is 4.74. The minimum Gasteiger partial charge on any atom is -0.381 e. The molecule has 2 saturated heterocycles. The standard InChI is InChI=1S/C11H18ClNO2/c12-9-10(14)13-6-2-1-3-11(13)4-7-15-8-5-11/h1-9H2. The van der Waals surface area contributed by atoms with E-state index in [-0.39, 0.29) is 17.3 Å². The minimum atomic E-state index is 0.0719. The number of carbonyl (C=O) groups excluding carboxylic acids is 1. The number of carbonyl (C=O) groups is 1. The highest BCUT2D eigenvalue weighted by Gasteiger charge is 2.41. The number of alkyl halides is 1. The van der Waals surface area contributed by atoms with Gasteiger partial charge in [0.05, 0.1) is 0 Å². The number of piperidine rings is 1. The van der Waals surface area contributed by atoms with Gasteiger partial charge >= 0.3 is 0 Å². The second-order valence-electron chi connectivity index (χ2n) is 4.47. The van der Waals surface area contributed by atoms with Crippen LogP contribution in [-0.2, 0) is 9.53 Å². The van der Waals surface area contributed by atoms with E-state index in [1.807, 2.05) is 4.90 Å². The molecule has 4 heteroatoms. The van der Waals surface area contributed by atoms with E-state index in [0.29, 0.717) is 0 Å². The summed E-state index contributed by atoms with van der Waals surface area (Å²) in [5.41, 5.74) is 0.0719. The van der Waals surface area contributed by atoms with Crippen LogP contribution in [0.15, 0.2) is 0 Å². The van der Waals surface area contributed by atoms with Gasteiger partial charge in [-0.25, -0.2) is 0 Å². The van der Waals surface area contributed by atoms with Gasteiger partial charge in [-0.2, -0.15) is 0 Å². The lowest BCUT2D eigenvalue weighted by Crippen LogP contribution is -2.57. The van der Waals surface area contributed by atoms with Gasteiger partial charge in [-0.15, -0.1) is 11.6 Å². The third-order valence-electron chi connectivity index (χ3n) is 3.69. The number of rotatable bonds is 1. The molecule has 0 aliphatic carbocycles. The van der Waals surface area contributed by atoms with Gasteiger partial charge in [0.2, 0.25) is 5.91 Å². The molecule has 0 atom stereocenters. The van der Waals surface area contributed by atoms with Crippen LogP contribution in [0.1, 0.15) is 32.1 Å². The summed E-state index contributed by atoms with van der Waals surface area (Å²) in [6.07, 6.45) is 5.43. The number of amides is 1. The van der Waals surface area contributed by atoms with Crippen molar-refractivity contribution in [2.75, 3.05) is 25.6 Å². The van der Waals surface area contributed by atoms with Gasteiger partial charge in [-0.05, 0) is 32.1 Å². The van der Waals surface area contributed by atoms with Crippen molar-refractivity contribution in [2.24, 2.45) is 0 Å². The highest BCUT2D eigenvalue weighted by molar-refractivity contribution is 6.27. The molecular weight excluding hydrogens is 214 g/mol. The molecule has 0 saturated carbocycles. The predicted octanol–water partition coefficient (Wildman–Crippen LogP) is 1.79. The first-order valence-electron chi connectivity index (χ1n) is 5.73. The number of hydrogen-bond donors (Lipinski definition) is 0. The topological polar surface area (TPSA) is 29.5 Å². The molecule has 86 valence electrons. The first-order chi connectivity index (χ1) is 7.28. The monoisotopic (exact) mass is 231 g/mol. The number of halogens is 1. The average molecular weight is 232 g/mol. The molecule has 1 spiro atoms. The summed E-state index contributed by atoms with van der Waals surface area (Å²) in [5.74, 6) is 0.209. The van der Waals surface area contributed by atoms with Crippen molar-refractivity contribution in [1.82, 2.24) is 4.90 Å². The van der Waals surface area contributed by atoms with Crippen molar-refractivity contribution >= 4 is 17.5 Å². The van der Waals surface area contributed by atoms with E-state index in [1.165, 1.54) is 6.42 Å². The zero-order valence-electron chi connectivity index (χ0n) is 9.01. The zero-order chi connectivity index (χ0) is 10.7. The Hall–Kier alpha value is -0.280. The molecule has 0 bridgehead atoms. The van der Waals surface area contributed by atoms with E-state index in [9.17, 15) is 4.79 Å². The van der Waals surface area contributed by atoms with Crippen LogP contribution < -0.4 is 0 Å². The van der Waals surface area contributed by atoms with Crippen LogP contribution >= 0.6 is 11.6 Å². The van der Waals surface area contributed by atoms with Gasteiger partial charge < -0.3 is 9.64 Å². The van der Waals surface area contributed by atoms with Gasteiger partial charge in [-0.1, -0.05) is 0 Å². The average Bonchev–Trinajstić information content (AvgIpc) is 2.30. The Morgan fingerprint density at radius 1 is 1.27 bits per heavy atom. The number of ether oxygens (including phenoxy) is 1. The molecule has 0 radical (unpaired) electrons. The Balaban J connectivity index is 2.13. The quantitative estimate of drug-likeness (QED) is 0.644. The summed E-state index contributed by atoms with van der Waals surface area (Å²) < 4.78 is 5.39. The second kappa shape index (κ2) is 4.71. The van der Waals surface area contributed by atoms with Gasteiger partial charge in [-0.3, -0.25) is 4.79 Å². The van der Waals surface area contributed by atoms with Gasteiger partial charge in [0.15, 0.2) is 0 Å². The number of hydrogen-bond acceptors (Lipinski definition) is 2. The summed E-state index contributed by atoms with van der Waals surface area (Å²) in [5, 5.41) is 0. The van der Waals surface area contributed by atoms with Crippen molar-refractivity contribution in [3.63, 3.8) is 0 Å². The fourth-order valence-corrected chi connectivity index (χ4v) is 2.97. The maximum absolute atomic E-state index is 11.8. The maximum atomic E-state index is 11.8. The Labute approximate surface area is 95.7 Å². The molecule has 0 N–H and O–H groups in total. The third-order valence-corrected chi connectivity index (χ3v) is 3.91. The van der Waals surface area contributed by atoms with Crippen molar-refractivity contribution in [1.29, 1.82) is 0 Å². The van der Waals surface area contributed by atoms with E-state index < -0.39 is 0 Å². The van der Waals surface area contributed by atoms with Gasteiger partial charge in [0, 0.05) is 25.3 Å². The molecular formula is C11H18ClNO2. The SMILES string of the molecule is O=C(CCl)N1CCCCC12CCOCC2. The predicted molar refractivity (Wildman–Crippen MR) is 59.1 cm³/mol. The van der Waals surface area contributed by atoms with Crippen LogP contribution in [0.4, 0.5) is 0 Å². The Kier molecular flexibility index (Phi) is 3.52. The minimum absolute atomic E-state index is 0.0719. The Bertz CT molecular complexity index is 230. The fraction of sp³-hybridized carbons (Fsp3) is 0.909. The van der Waals surface area contributed by atoms with E-state index in [2.05, 4.69) is 0 Å². The molecule has 3 nitrogen and oxygen atoms in total. The molecule has 15 heavy (non-hydrogen) atoms. The molecule has 1 amide bonds. The summed E-state index contributed by atoms with van der Waals surface area (Å²) in [4.78, 5) is 13.8. The first kappa shape index (κ1) is 11.2. The van der Waals surface area contributed by atoms with E-state index in [0.717, 1.165) is 45.4 Å². The first-order valence-corrected chi connectivity index (χ1v) is 6.26. The van der Waals surface area contributed by atoms with Crippen LogP contribution in [0, 0.1) is 0 Å². The van der Waals surface area contributed by atoms with Gasteiger partial charge in [0.1, 0.15) is 5.88 Å². The van der Waals surface area contributed by atoms with E-state index >= 15 is 0 Å². The maximum Gasteiger partial charge on any atom is 0.237 e. The van der Waals surface area contributed by atoms with Crippen molar-refractivity contribution in [3.8, 4) is 0 Å². The normalized spacial score (nSPS) is 25.5. The molecule has 2 rings (SSSR count). The lowest BCUT2D eigenvalue weighted by molar-refractivity contribution is -0.142. The fourth-order valence-electron chi connectivity index (χ4n) is 2.83. The number of likely N-dealkylation sites (tertiary alicyclic amines) is 1. The highest BCUT2D eigenvalue weighted by Crippen LogP contribution is 2.36. The summed E-state index contributed by atoms with van der Waals surface area (Å²) >= 11 is 5.67. The third kappa shape index (κ3) is 2.13. The van der Waals surface area contributed by atoms with Crippen LogP contribution in [-0.4, -0.2) is 42.0 Å². The largest absolute Gasteiger partial charge is 0.381 e. The van der Waals surface area contributed by atoms with Crippen LogP contribution in [0.2, 0.25) is 0 Å². The number of nitrogens with zero attached hydrogens (tertiary/aromatic N) is 1. The Morgan fingerprint density at radius 2 is 2.00 bits per heavy atom. The molecule has 2 aliphatic rings. The van der Waals surface area contributed by atoms with Crippen LogP contribution in [0.5, 0.6) is 0 Å². The highest BCUT2D eigenvalue weighted by atomic mass is 35.5. The summed E-state index contributed by atoms with van der Waals surface area (Å²) in [6.45, 7) is 2.45. The van der Waals surface area contributed by atoms with Crippen LogP contribution in [0.25, 0.3) is 0 Å².